The average Bonchev–Trinajstić information content (AvgIpc) is 3.09. The van der Waals surface area contributed by atoms with Gasteiger partial charge in [-0.25, -0.2) is 0 Å². The van der Waals surface area contributed by atoms with E-state index in [-0.39, 0.29) is 0 Å². The van der Waals surface area contributed by atoms with Gasteiger partial charge in [0.25, 0.3) is 0 Å². The van der Waals surface area contributed by atoms with Crippen molar-refractivity contribution in [2.75, 3.05) is 36.0 Å². The molecule has 1 aliphatic rings. The van der Waals surface area contributed by atoms with Gasteiger partial charge in [0, 0.05) is 31.9 Å². The van der Waals surface area contributed by atoms with Crippen LogP contribution in [0.3, 0.4) is 0 Å². The molecule has 0 bridgehead atoms. The van der Waals surface area contributed by atoms with Crippen LogP contribution in [0.4, 0.5) is 11.4 Å². The van der Waals surface area contributed by atoms with Crippen molar-refractivity contribution >= 4 is 17.0 Å². The molecular weight excluding hydrogens is 302 g/mol. The Balaban J connectivity index is 1.53. The third-order valence-corrected chi connectivity index (χ3v) is 4.35. The zero-order valence-corrected chi connectivity index (χ0v) is 13.4. The highest BCUT2D eigenvalue weighted by molar-refractivity contribution is 5.69. The molecule has 24 heavy (non-hydrogen) atoms. The number of anilines is 2. The molecule has 1 saturated heterocycles. The smallest absolute Gasteiger partial charge is 0.200 e. The van der Waals surface area contributed by atoms with Crippen molar-refractivity contribution in [2.24, 2.45) is 0 Å². The first-order chi connectivity index (χ1) is 11.7. The Labute approximate surface area is 139 Å². The molecule has 7 nitrogen and oxygen atoms in total. The van der Waals surface area contributed by atoms with Gasteiger partial charge in [-0.3, -0.25) is 0 Å². The Hall–Kier alpha value is -3.14. The van der Waals surface area contributed by atoms with E-state index in [0.29, 0.717) is 5.56 Å². The van der Waals surface area contributed by atoms with E-state index in [2.05, 4.69) is 37.2 Å². The number of piperazine rings is 1. The van der Waals surface area contributed by atoms with Gasteiger partial charge in [0.15, 0.2) is 0 Å². The molecule has 0 unspecified atom stereocenters. The van der Waals surface area contributed by atoms with Crippen LogP contribution in [0.15, 0.2) is 36.7 Å². The van der Waals surface area contributed by atoms with Gasteiger partial charge in [-0.2, -0.15) is 14.9 Å². The van der Waals surface area contributed by atoms with Crippen LogP contribution in [-0.4, -0.2) is 46.0 Å². The molecule has 3 heterocycles. The molecule has 0 aliphatic carbocycles. The number of aromatic nitrogens is 4. The number of aryl methyl sites for hydroxylation is 1. The molecular formula is C17H17N7. The summed E-state index contributed by atoms with van der Waals surface area (Å²) in [5.74, 6) is 0. The second kappa shape index (κ2) is 5.81. The first kappa shape index (κ1) is 14.5. The van der Waals surface area contributed by atoms with Gasteiger partial charge < -0.3 is 9.80 Å². The van der Waals surface area contributed by atoms with Gasteiger partial charge >= 0.3 is 0 Å². The van der Waals surface area contributed by atoms with Crippen molar-refractivity contribution in [3.63, 3.8) is 0 Å². The van der Waals surface area contributed by atoms with Crippen molar-refractivity contribution in [3.8, 4) is 6.07 Å². The summed E-state index contributed by atoms with van der Waals surface area (Å²) in [5, 5.41) is 21.5. The van der Waals surface area contributed by atoms with Crippen LogP contribution >= 0.6 is 0 Å². The highest BCUT2D eigenvalue weighted by Gasteiger charge is 2.20. The lowest BCUT2D eigenvalue weighted by Gasteiger charge is -2.37. The van der Waals surface area contributed by atoms with Gasteiger partial charge in [0.2, 0.25) is 5.65 Å². The van der Waals surface area contributed by atoms with Crippen LogP contribution in [0.25, 0.3) is 5.65 Å². The number of hydrogen-bond acceptors (Lipinski definition) is 6. The van der Waals surface area contributed by atoms with Gasteiger partial charge in [-0.15, -0.1) is 10.2 Å². The summed E-state index contributed by atoms with van der Waals surface area (Å²) in [6, 6.07) is 12.0. The van der Waals surface area contributed by atoms with Crippen LogP contribution in [0.1, 0.15) is 11.3 Å². The summed E-state index contributed by atoms with van der Waals surface area (Å²) in [7, 11) is 0. The number of hydrogen-bond donors (Lipinski definition) is 0. The molecule has 0 N–H and O–H groups in total. The molecule has 0 atom stereocenters. The topological polar surface area (TPSA) is 73.3 Å². The van der Waals surface area contributed by atoms with Crippen LogP contribution in [0.2, 0.25) is 0 Å². The summed E-state index contributed by atoms with van der Waals surface area (Å²) in [4.78, 5) is 4.67. The van der Waals surface area contributed by atoms with E-state index < -0.39 is 0 Å². The number of nitrogens with zero attached hydrogens (tertiary/aromatic N) is 7. The highest BCUT2D eigenvalue weighted by Crippen LogP contribution is 2.24. The Morgan fingerprint density at radius 1 is 1.04 bits per heavy atom. The van der Waals surface area contributed by atoms with Crippen LogP contribution in [-0.2, 0) is 0 Å². The normalized spacial score (nSPS) is 14.8. The van der Waals surface area contributed by atoms with Gasteiger partial charge in [0.05, 0.1) is 23.0 Å². The van der Waals surface area contributed by atoms with Crippen LogP contribution < -0.4 is 9.80 Å². The molecule has 7 heteroatoms. The first-order valence-electron chi connectivity index (χ1n) is 7.92. The summed E-state index contributed by atoms with van der Waals surface area (Å²) < 4.78 is 1.73. The molecule has 2 aromatic heterocycles. The lowest BCUT2D eigenvalue weighted by atomic mass is 10.2. The van der Waals surface area contributed by atoms with Crippen LogP contribution in [0.5, 0.6) is 0 Å². The maximum absolute atomic E-state index is 8.90. The zero-order chi connectivity index (χ0) is 16.5. The van der Waals surface area contributed by atoms with E-state index in [0.717, 1.165) is 48.9 Å². The number of fused-ring (bicyclic) bond motifs is 1. The standard InChI is InChI=1S/C17H17N7/c1-13-10-16(17-20-19-12-24(17)21-13)23-8-6-22(7-9-23)15-4-2-14(11-18)3-5-15/h2-5,10,12H,6-9H2,1H3. The minimum Gasteiger partial charge on any atom is -0.368 e. The third-order valence-electron chi connectivity index (χ3n) is 4.35. The lowest BCUT2D eigenvalue weighted by molar-refractivity contribution is 0.652. The quantitative estimate of drug-likeness (QED) is 0.715. The predicted molar refractivity (Wildman–Crippen MR) is 91.1 cm³/mol. The molecule has 0 amide bonds. The van der Waals surface area contributed by atoms with Crippen LogP contribution in [0, 0.1) is 18.3 Å². The fourth-order valence-electron chi connectivity index (χ4n) is 3.12. The van der Waals surface area contributed by atoms with Crippen molar-refractivity contribution in [2.45, 2.75) is 6.92 Å². The Bertz CT molecular complexity index is 899. The first-order valence-corrected chi connectivity index (χ1v) is 7.92. The highest BCUT2D eigenvalue weighted by atomic mass is 15.4. The molecule has 3 aromatic rings. The third kappa shape index (κ3) is 2.52. The van der Waals surface area contributed by atoms with Gasteiger partial charge in [0.1, 0.15) is 6.33 Å². The largest absolute Gasteiger partial charge is 0.368 e. The summed E-state index contributed by atoms with van der Waals surface area (Å²) in [6.07, 6.45) is 1.64. The number of nitriles is 1. The van der Waals surface area contributed by atoms with E-state index >= 15 is 0 Å². The molecule has 1 aliphatic heterocycles. The Morgan fingerprint density at radius 2 is 1.75 bits per heavy atom. The summed E-state index contributed by atoms with van der Waals surface area (Å²) >= 11 is 0. The van der Waals surface area contributed by atoms with E-state index in [1.165, 1.54) is 0 Å². The lowest BCUT2D eigenvalue weighted by Crippen LogP contribution is -2.46. The fourth-order valence-corrected chi connectivity index (χ4v) is 3.12. The SMILES string of the molecule is Cc1cc(N2CCN(c3ccc(C#N)cc3)CC2)c2nncn2n1. The Morgan fingerprint density at radius 3 is 2.46 bits per heavy atom. The number of benzene rings is 1. The molecule has 0 saturated carbocycles. The van der Waals surface area contributed by atoms with E-state index in [1.54, 1.807) is 10.8 Å². The molecule has 120 valence electrons. The maximum Gasteiger partial charge on any atom is 0.200 e. The summed E-state index contributed by atoms with van der Waals surface area (Å²) in [5.41, 5.74) is 4.68. The van der Waals surface area contributed by atoms with Gasteiger partial charge in [-0.05, 0) is 37.3 Å². The van der Waals surface area contributed by atoms with Gasteiger partial charge in [-0.1, -0.05) is 0 Å². The second-order valence-electron chi connectivity index (χ2n) is 5.90. The molecule has 1 fully saturated rings. The number of rotatable bonds is 2. The molecule has 0 spiro atoms. The summed E-state index contributed by atoms with van der Waals surface area (Å²) in [6.45, 7) is 5.65. The Kier molecular flexibility index (Phi) is 3.50. The van der Waals surface area contributed by atoms with Crippen molar-refractivity contribution < 1.29 is 0 Å². The molecule has 0 radical (unpaired) electrons. The average molecular weight is 319 g/mol. The van der Waals surface area contributed by atoms with E-state index in [9.17, 15) is 0 Å². The minimum atomic E-state index is 0.693. The minimum absolute atomic E-state index is 0.693. The monoisotopic (exact) mass is 319 g/mol. The molecule has 4 rings (SSSR count). The van der Waals surface area contributed by atoms with Crippen molar-refractivity contribution in [1.29, 1.82) is 5.26 Å². The zero-order valence-electron chi connectivity index (χ0n) is 13.4. The van der Waals surface area contributed by atoms with E-state index in [1.807, 2.05) is 31.2 Å². The fraction of sp³-hybridized carbons (Fsp3) is 0.294. The van der Waals surface area contributed by atoms with E-state index in [4.69, 9.17) is 5.26 Å². The van der Waals surface area contributed by atoms with Crippen molar-refractivity contribution in [1.82, 2.24) is 19.8 Å². The maximum atomic E-state index is 8.90. The van der Waals surface area contributed by atoms with Crippen molar-refractivity contribution in [3.05, 3.63) is 47.9 Å². The predicted octanol–water partition coefficient (Wildman–Crippen LogP) is 1.63. The molecule has 1 aromatic carbocycles. The second-order valence-corrected chi connectivity index (χ2v) is 5.90.